The summed E-state index contributed by atoms with van der Waals surface area (Å²) in [6, 6.07) is 4.44. The number of carbonyl (C=O) groups is 2. The number of benzene rings is 1. The predicted octanol–water partition coefficient (Wildman–Crippen LogP) is 1.17. The van der Waals surface area contributed by atoms with Crippen molar-refractivity contribution in [3.63, 3.8) is 0 Å². The van der Waals surface area contributed by atoms with Crippen LogP contribution < -0.4 is 16.8 Å². The first-order chi connectivity index (χ1) is 11.4. The molecule has 134 valence electrons. The van der Waals surface area contributed by atoms with Crippen LogP contribution in [0.15, 0.2) is 24.3 Å². The number of carboxylic acids is 1. The van der Waals surface area contributed by atoms with Crippen LogP contribution in [0.4, 0.5) is 4.39 Å². The third-order valence-corrected chi connectivity index (χ3v) is 3.77. The maximum atomic E-state index is 13.1. The van der Waals surface area contributed by atoms with Gasteiger partial charge in [0.2, 0.25) is 5.91 Å². The first kappa shape index (κ1) is 20.1. The first-order valence-corrected chi connectivity index (χ1v) is 8.17. The molecule has 0 bridgehead atoms. The van der Waals surface area contributed by atoms with Crippen molar-refractivity contribution in [1.82, 2.24) is 5.32 Å². The average Bonchev–Trinajstić information content (AvgIpc) is 2.53. The maximum absolute atomic E-state index is 13.1. The minimum absolute atomic E-state index is 0.257. The summed E-state index contributed by atoms with van der Waals surface area (Å²) >= 11 is 0. The van der Waals surface area contributed by atoms with Crippen molar-refractivity contribution in [3.05, 3.63) is 35.6 Å². The Kier molecular flexibility index (Phi) is 8.96. The molecule has 24 heavy (non-hydrogen) atoms. The molecule has 0 fully saturated rings. The molecule has 6 N–H and O–H groups in total. The monoisotopic (exact) mass is 339 g/mol. The Labute approximate surface area is 141 Å². The number of amides is 1. The molecule has 0 radical (unpaired) electrons. The summed E-state index contributed by atoms with van der Waals surface area (Å²) in [4.78, 5) is 23.2. The van der Waals surface area contributed by atoms with Crippen molar-refractivity contribution < 1.29 is 19.1 Å². The summed E-state index contributed by atoms with van der Waals surface area (Å²) in [5.41, 5.74) is 11.9. The van der Waals surface area contributed by atoms with Crippen molar-refractivity contribution in [2.75, 3.05) is 6.54 Å². The van der Waals surface area contributed by atoms with E-state index in [0.717, 1.165) is 18.4 Å². The summed E-state index contributed by atoms with van der Waals surface area (Å²) in [5.74, 6) is -1.89. The molecule has 1 aromatic rings. The summed E-state index contributed by atoms with van der Waals surface area (Å²) < 4.78 is 13.1. The van der Waals surface area contributed by atoms with E-state index >= 15 is 0 Å². The van der Waals surface area contributed by atoms with Gasteiger partial charge in [-0.15, -0.1) is 0 Å². The number of hydrogen-bond donors (Lipinski definition) is 4. The number of carbonyl (C=O) groups excluding carboxylic acids is 1. The van der Waals surface area contributed by atoms with Crippen LogP contribution in [0.1, 0.15) is 37.7 Å². The number of aryl methyl sites for hydroxylation is 1. The predicted molar refractivity (Wildman–Crippen MR) is 89.8 cm³/mol. The first-order valence-electron chi connectivity index (χ1n) is 8.17. The Morgan fingerprint density at radius 3 is 2.58 bits per heavy atom. The molecule has 0 aliphatic carbocycles. The van der Waals surface area contributed by atoms with Crippen molar-refractivity contribution in [2.24, 2.45) is 11.5 Å². The topological polar surface area (TPSA) is 118 Å². The molecule has 1 rings (SSSR count). The third kappa shape index (κ3) is 7.52. The molecule has 6 nitrogen and oxygen atoms in total. The molecule has 0 saturated carbocycles. The second-order valence-electron chi connectivity index (χ2n) is 5.81. The van der Waals surface area contributed by atoms with E-state index in [1.165, 1.54) is 12.1 Å². The van der Waals surface area contributed by atoms with Gasteiger partial charge in [-0.1, -0.05) is 18.6 Å². The quantitative estimate of drug-likeness (QED) is 0.451. The smallest absolute Gasteiger partial charge is 0.326 e. The van der Waals surface area contributed by atoms with Crippen LogP contribution in [0.3, 0.4) is 0 Å². The fourth-order valence-electron chi connectivity index (χ4n) is 2.38. The van der Waals surface area contributed by atoms with E-state index in [1.807, 2.05) is 0 Å². The molecule has 1 amide bonds. The van der Waals surface area contributed by atoms with E-state index < -0.39 is 24.0 Å². The highest BCUT2D eigenvalue weighted by molar-refractivity contribution is 5.86. The van der Waals surface area contributed by atoms with Gasteiger partial charge in [-0.25, -0.2) is 9.18 Å². The van der Waals surface area contributed by atoms with Gasteiger partial charge in [0.05, 0.1) is 6.04 Å². The number of hydrogen-bond acceptors (Lipinski definition) is 4. The molecule has 7 heteroatoms. The Hall–Kier alpha value is -1.99. The highest BCUT2D eigenvalue weighted by atomic mass is 19.1. The summed E-state index contributed by atoms with van der Waals surface area (Å²) in [6.45, 7) is 0.534. The lowest BCUT2D eigenvalue weighted by Gasteiger charge is -2.18. The van der Waals surface area contributed by atoms with Crippen LogP contribution in [0, 0.1) is 5.82 Å². The summed E-state index contributed by atoms with van der Waals surface area (Å²) in [7, 11) is 0. The lowest BCUT2D eigenvalue weighted by molar-refractivity contribution is -0.142. The minimum atomic E-state index is -1.10. The van der Waals surface area contributed by atoms with E-state index in [4.69, 9.17) is 11.5 Å². The number of nitrogens with two attached hydrogens (primary N) is 2. The van der Waals surface area contributed by atoms with Gasteiger partial charge in [0.15, 0.2) is 0 Å². The van der Waals surface area contributed by atoms with E-state index in [9.17, 15) is 19.1 Å². The number of unbranched alkanes of at least 4 members (excludes halogenated alkanes) is 1. The SMILES string of the molecule is NCCCC[C@H](N)C(=O)NC(CCCc1cccc(F)c1)C(=O)O. The largest absolute Gasteiger partial charge is 0.480 e. The highest BCUT2D eigenvalue weighted by Crippen LogP contribution is 2.09. The zero-order valence-corrected chi connectivity index (χ0v) is 13.7. The van der Waals surface area contributed by atoms with Crippen LogP contribution in [0.25, 0.3) is 0 Å². The van der Waals surface area contributed by atoms with E-state index in [1.54, 1.807) is 12.1 Å². The number of nitrogens with one attached hydrogen (secondary N) is 1. The van der Waals surface area contributed by atoms with Gasteiger partial charge < -0.3 is 21.9 Å². The molecule has 0 aliphatic rings. The van der Waals surface area contributed by atoms with Crippen molar-refractivity contribution in [2.45, 2.75) is 50.6 Å². The van der Waals surface area contributed by atoms with Gasteiger partial charge >= 0.3 is 5.97 Å². The Bertz CT molecular complexity index is 540. The molecular weight excluding hydrogens is 313 g/mol. The molecule has 1 unspecified atom stereocenters. The molecular formula is C17H26FN3O3. The lowest BCUT2D eigenvalue weighted by Crippen LogP contribution is -2.48. The standard InChI is InChI=1S/C17H26FN3O3/c18-13-7-3-5-12(11-13)6-4-9-15(17(23)24)21-16(22)14(20)8-1-2-10-19/h3,5,7,11,14-15H,1-2,4,6,8-10,19-20H2,(H,21,22)(H,23,24)/t14-,15?/m0/s1. The van der Waals surface area contributed by atoms with Crippen molar-refractivity contribution >= 4 is 11.9 Å². The van der Waals surface area contributed by atoms with Gasteiger partial charge in [0.1, 0.15) is 11.9 Å². The molecule has 0 spiro atoms. The number of carboxylic acid groups (broad SMARTS) is 1. The molecule has 0 aliphatic heterocycles. The van der Waals surface area contributed by atoms with Gasteiger partial charge in [-0.05, 0) is 56.3 Å². The van der Waals surface area contributed by atoms with E-state index in [2.05, 4.69) is 5.32 Å². The van der Waals surface area contributed by atoms with Gasteiger partial charge in [-0.2, -0.15) is 0 Å². The average molecular weight is 339 g/mol. The second kappa shape index (κ2) is 10.7. The molecule has 0 heterocycles. The number of halogens is 1. The Balaban J connectivity index is 2.43. The van der Waals surface area contributed by atoms with E-state index in [-0.39, 0.29) is 12.2 Å². The fraction of sp³-hybridized carbons (Fsp3) is 0.529. The van der Waals surface area contributed by atoms with Crippen LogP contribution in [-0.2, 0) is 16.0 Å². The fourth-order valence-corrected chi connectivity index (χ4v) is 2.38. The second-order valence-corrected chi connectivity index (χ2v) is 5.81. The molecule has 2 atom stereocenters. The maximum Gasteiger partial charge on any atom is 0.326 e. The third-order valence-electron chi connectivity index (χ3n) is 3.77. The van der Waals surface area contributed by atoms with Gasteiger partial charge in [-0.3, -0.25) is 4.79 Å². The molecule has 0 saturated heterocycles. The highest BCUT2D eigenvalue weighted by Gasteiger charge is 2.22. The van der Waals surface area contributed by atoms with Gasteiger partial charge in [0, 0.05) is 0 Å². The lowest BCUT2D eigenvalue weighted by atomic mass is 10.0. The van der Waals surface area contributed by atoms with Crippen LogP contribution in [0.2, 0.25) is 0 Å². The normalized spacial score (nSPS) is 13.3. The summed E-state index contributed by atoms with van der Waals surface area (Å²) in [6.07, 6.45) is 3.29. The Morgan fingerprint density at radius 1 is 1.21 bits per heavy atom. The minimum Gasteiger partial charge on any atom is -0.480 e. The number of aliphatic carboxylic acids is 1. The Morgan fingerprint density at radius 2 is 1.96 bits per heavy atom. The van der Waals surface area contributed by atoms with Crippen molar-refractivity contribution in [3.8, 4) is 0 Å². The zero-order valence-electron chi connectivity index (χ0n) is 13.7. The molecule has 1 aromatic carbocycles. The summed E-state index contributed by atoms with van der Waals surface area (Å²) in [5, 5.41) is 11.7. The van der Waals surface area contributed by atoms with E-state index in [0.29, 0.717) is 25.8 Å². The van der Waals surface area contributed by atoms with Gasteiger partial charge in [0.25, 0.3) is 0 Å². The number of rotatable bonds is 11. The molecule has 0 aromatic heterocycles. The zero-order chi connectivity index (χ0) is 17.9. The van der Waals surface area contributed by atoms with Crippen LogP contribution >= 0.6 is 0 Å². The van der Waals surface area contributed by atoms with Crippen LogP contribution in [0.5, 0.6) is 0 Å². The van der Waals surface area contributed by atoms with Crippen molar-refractivity contribution in [1.29, 1.82) is 0 Å². The van der Waals surface area contributed by atoms with Crippen LogP contribution in [-0.4, -0.2) is 35.6 Å².